The van der Waals surface area contributed by atoms with Gasteiger partial charge in [0.25, 0.3) is 0 Å². The largest absolute Gasteiger partial charge is 0.384 e. The minimum Gasteiger partial charge on any atom is -0.384 e. The number of nitrogens with two attached hydrogens (primary N) is 1. The second-order valence-corrected chi connectivity index (χ2v) is 2.28. The smallest absolute Gasteiger partial charge is 0.122 e. The molecule has 1 aromatic carbocycles. The third kappa shape index (κ3) is 3.14. The van der Waals surface area contributed by atoms with Gasteiger partial charge in [-0.15, -0.1) is 0 Å². The first kappa shape index (κ1) is 10.6. The molecule has 1 rings (SSSR count). The fourth-order valence-electron chi connectivity index (χ4n) is 0.813. The quantitative estimate of drug-likeness (QED) is 0.488. The second-order valence-electron chi connectivity index (χ2n) is 2.28. The van der Waals surface area contributed by atoms with Crippen LogP contribution in [0.2, 0.25) is 0 Å². The number of halogens is 1. The van der Waals surface area contributed by atoms with Gasteiger partial charge < -0.3 is 5.73 Å². The number of hydrogen-bond acceptors (Lipinski definition) is 1. The number of benzene rings is 1. The van der Waals surface area contributed by atoms with E-state index in [-0.39, 0.29) is 5.84 Å². The third-order valence-corrected chi connectivity index (χ3v) is 1.33. The normalized spacial score (nSPS) is 8.25. The lowest BCUT2D eigenvalue weighted by atomic mass is 10.1. The van der Waals surface area contributed by atoms with Crippen molar-refractivity contribution < 1.29 is 4.39 Å². The fraction of sp³-hybridized carbons (Fsp3) is 0.222. The minimum atomic E-state index is 0.128. The van der Waals surface area contributed by atoms with E-state index in [1.165, 1.54) is 0 Å². The van der Waals surface area contributed by atoms with Gasteiger partial charge in [0.1, 0.15) is 5.84 Å². The number of hydrogen-bond donors (Lipinski definition) is 2. The minimum absolute atomic E-state index is 0.128. The van der Waals surface area contributed by atoms with Gasteiger partial charge in [-0.25, -0.2) is 0 Å². The van der Waals surface area contributed by atoms with E-state index in [1.54, 1.807) is 0 Å². The van der Waals surface area contributed by atoms with Crippen LogP contribution in [-0.4, -0.2) is 13.0 Å². The van der Waals surface area contributed by atoms with E-state index in [4.69, 9.17) is 11.1 Å². The first-order valence-corrected chi connectivity index (χ1v) is 3.49. The van der Waals surface area contributed by atoms with Crippen molar-refractivity contribution in [1.29, 1.82) is 5.41 Å². The topological polar surface area (TPSA) is 49.9 Å². The number of alkyl halides is 1. The van der Waals surface area contributed by atoms with Crippen LogP contribution < -0.4 is 5.73 Å². The van der Waals surface area contributed by atoms with Gasteiger partial charge in [-0.1, -0.05) is 23.8 Å². The Hall–Kier alpha value is -1.38. The van der Waals surface area contributed by atoms with Crippen LogP contribution in [0.5, 0.6) is 0 Å². The lowest BCUT2D eigenvalue weighted by molar-refractivity contribution is 0.636. The molecule has 0 bridgehead atoms. The van der Waals surface area contributed by atoms with E-state index in [2.05, 4.69) is 0 Å². The van der Waals surface area contributed by atoms with Crippen LogP contribution >= 0.6 is 0 Å². The van der Waals surface area contributed by atoms with Crippen molar-refractivity contribution in [3.8, 4) is 0 Å². The number of nitrogens with one attached hydrogen (secondary N) is 1. The van der Waals surface area contributed by atoms with Gasteiger partial charge in [0.15, 0.2) is 0 Å². The van der Waals surface area contributed by atoms with E-state index >= 15 is 0 Å². The van der Waals surface area contributed by atoms with Crippen LogP contribution in [0.3, 0.4) is 0 Å². The molecular formula is C9H13FN2. The Morgan fingerprint density at radius 2 is 2.00 bits per heavy atom. The summed E-state index contributed by atoms with van der Waals surface area (Å²) in [4.78, 5) is 0. The summed E-state index contributed by atoms with van der Waals surface area (Å²) in [7, 11) is 0.500. The summed E-state index contributed by atoms with van der Waals surface area (Å²) in [5, 5.41) is 7.11. The standard InChI is InChI=1S/C8H10N2.CH3F/c1-6-3-2-4-7(5-6)8(9)10;1-2/h2-5H,1H3,(H3,9,10);1H3. The van der Waals surface area contributed by atoms with Gasteiger partial charge in [0.05, 0.1) is 7.18 Å². The molecule has 66 valence electrons. The van der Waals surface area contributed by atoms with Crippen molar-refractivity contribution in [1.82, 2.24) is 0 Å². The molecule has 0 fully saturated rings. The molecule has 0 aromatic heterocycles. The number of nitrogen functional groups attached to an aromatic ring is 1. The average molecular weight is 168 g/mol. The highest BCUT2D eigenvalue weighted by Crippen LogP contribution is 2.01. The second kappa shape index (κ2) is 5.29. The molecule has 12 heavy (non-hydrogen) atoms. The van der Waals surface area contributed by atoms with Crippen LogP contribution in [0.1, 0.15) is 11.1 Å². The van der Waals surface area contributed by atoms with Crippen molar-refractivity contribution in [3.05, 3.63) is 35.4 Å². The van der Waals surface area contributed by atoms with Crippen molar-refractivity contribution in [2.45, 2.75) is 6.92 Å². The van der Waals surface area contributed by atoms with Gasteiger partial charge in [0.2, 0.25) is 0 Å². The zero-order valence-corrected chi connectivity index (χ0v) is 7.26. The molecule has 0 saturated heterocycles. The van der Waals surface area contributed by atoms with E-state index in [9.17, 15) is 4.39 Å². The third-order valence-electron chi connectivity index (χ3n) is 1.33. The molecule has 0 aliphatic carbocycles. The first-order valence-electron chi connectivity index (χ1n) is 3.49. The summed E-state index contributed by atoms with van der Waals surface area (Å²) in [6.45, 7) is 1.98. The molecule has 0 amide bonds. The molecule has 0 heterocycles. The maximum absolute atomic E-state index is 9.50. The molecule has 0 radical (unpaired) electrons. The van der Waals surface area contributed by atoms with E-state index in [0.717, 1.165) is 11.1 Å². The maximum Gasteiger partial charge on any atom is 0.122 e. The van der Waals surface area contributed by atoms with Gasteiger partial charge in [0, 0.05) is 5.56 Å². The SMILES string of the molecule is CF.Cc1cccc(C(=N)N)c1. The first-order chi connectivity index (χ1) is 5.70. The highest BCUT2D eigenvalue weighted by atomic mass is 19.1. The highest BCUT2D eigenvalue weighted by molar-refractivity contribution is 5.94. The lowest BCUT2D eigenvalue weighted by Crippen LogP contribution is -2.10. The van der Waals surface area contributed by atoms with Crippen molar-refractivity contribution >= 4 is 5.84 Å². The van der Waals surface area contributed by atoms with Gasteiger partial charge in [-0.2, -0.15) is 0 Å². The van der Waals surface area contributed by atoms with E-state index in [0.29, 0.717) is 7.18 Å². The predicted octanol–water partition coefficient (Wildman–Crippen LogP) is 1.86. The number of amidine groups is 1. The monoisotopic (exact) mass is 168 g/mol. The van der Waals surface area contributed by atoms with Crippen molar-refractivity contribution in [2.24, 2.45) is 5.73 Å². The Bertz CT molecular complexity index is 258. The molecule has 1 aromatic rings. The van der Waals surface area contributed by atoms with Gasteiger partial charge in [-0.05, 0) is 13.0 Å². The molecule has 3 N–H and O–H groups in total. The summed E-state index contributed by atoms with van der Waals surface area (Å²) in [5.74, 6) is 0.128. The molecule has 0 saturated carbocycles. The van der Waals surface area contributed by atoms with Gasteiger partial charge in [-0.3, -0.25) is 9.80 Å². The highest BCUT2D eigenvalue weighted by Gasteiger charge is 1.93. The van der Waals surface area contributed by atoms with Crippen LogP contribution in [0.4, 0.5) is 4.39 Å². The van der Waals surface area contributed by atoms with Crippen molar-refractivity contribution in [3.63, 3.8) is 0 Å². The summed E-state index contributed by atoms with van der Waals surface area (Å²) < 4.78 is 9.50. The Kier molecular flexibility index (Phi) is 4.69. The van der Waals surface area contributed by atoms with Crippen LogP contribution in [-0.2, 0) is 0 Å². The maximum atomic E-state index is 9.50. The van der Waals surface area contributed by atoms with Crippen LogP contribution in [0.15, 0.2) is 24.3 Å². The zero-order valence-electron chi connectivity index (χ0n) is 7.26. The molecule has 0 spiro atoms. The molecular weight excluding hydrogens is 155 g/mol. The molecule has 0 unspecified atom stereocenters. The molecule has 3 heteroatoms. The summed E-state index contributed by atoms with van der Waals surface area (Å²) in [5.41, 5.74) is 7.19. The van der Waals surface area contributed by atoms with Crippen LogP contribution in [0.25, 0.3) is 0 Å². The van der Waals surface area contributed by atoms with Crippen LogP contribution in [0, 0.1) is 12.3 Å². The summed E-state index contributed by atoms with van der Waals surface area (Å²) >= 11 is 0. The molecule has 0 aliphatic rings. The van der Waals surface area contributed by atoms with E-state index < -0.39 is 0 Å². The predicted molar refractivity (Wildman–Crippen MR) is 49.2 cm³/mol. The lowest BCUT2D eigenvalue weighted by Gasteiger charge is -1.97. The Balaban J connectivity index is 0.000000561. The Labute approximate surface area is 71.7 Å². The summed E-state index contributed by atoms with van der Waals surface area (Å²) in [6.07, 6.45) is 0. The van der Waals surface area contributed by atoms with Gasteiger partial charge >= 0.3 is 0 Å². The average Bonchev–Trinajstić information content (AvgIpc) is 2.08. The van der Waals surface area contributed by atoms with E-state index in [1.807, 2.05) is 31.2 Å². The number of aryl methyl sites for hydroxylation is 1. The Morgan fingerprint density at radius 3 is 2.33 bits per heavy atom. The zero-order chi connectivity index (χ0) is 9.56. The summed E-state index contributed by atoms with van der Waals surface area (Å²) in [6, 6.07) is 7.59. The Morgan fingerprint density at radius 1 is 1.42 bits per heavy atom. The molecule has 0 aliphatic heterocycles. The number of rotatable bonds is 1. The molecule has 2 nitrogen and oxygen atoms in total. The fourth-order valence-corrected chi connectivity index (χ4v) is 0.813. The van der Waals surface area contributed by atoms with Crippen molar-refractivity contribution in [2.75, 3.05) is 7.18 Å². The molecule has 0 atom stereocenters.